The molecule has 0 radical (unpaired) electrons. The zero-order valence-electron chi connectivity index (χ0n) is 17.6. The van der Waals surface area contributed by atoms with E-state index in [9.17, 15) is 29.7 Å². The number of esters is 2. The number of carbonyl (C=O) groups is 3. The van der Waals surface area contributed by atoms with Gasteiger partial charge in [0.15, 0.2) is 0 Å². The Hall–Kier alpha value is -3.75. The summed E-state index contributed by atoms with van der Waals surface area (Å²) in [5.41, 5.74) is -0.738. The molecule has 1 aliphatic rings. The van der Waals surface area contributed by atoms with E-state index in [0.717, 1.165) is 17.7 Å². The van der Waals surface area contributed by atoms with E-state index >= 15 is 0 Å². The number of carboxylic acids is 1. The van der Waals surface area contributed by atoms with Crippen molar-refractivity contribution in [3.05, 3.63) is 83.9 Å². The highest BCUT2D eigenvalue weighted by Gasteiger charge is 2.54. The number of hydrogen-bond donors (Lipinski definition) is 3. The van der Waals surface area contributed by atoms with Crippen molar-refractivity contribution in [3.63, 3.8) is 0 Å². The van der Waals surface area contributed by atoms with Crippen LogP contribution < -0.4 is 0 Å². The molecule has 3 rings (SSSR count). The van der Waals surface area contributed by atoms with Crippen LogP contribution in [0.5, 0.6) is 0 Å². The molecule has 8 nitrogen and oxygen atoms in total. The zero-order valence-corrected chi connectivity index (χ0v) is 17.6. The Morgan fingerprint density at radius 2 is 1.33 bits per heavy atom. The summed E-state index contributed by atoms with van der Waals surface area (Å²) < 4.78 is 10.4. The monoisotopic (exact) mass is 452 g/mol. The molecule has 0 bridgehead atoms. The SMILES string of the molecule is O=C(C=Cc1ccccc1)OC1CC(OC(=O)C=Cc2ccccc2)(C(=O)O)CC(O)C1O. The van der Waals surface area contributed by atoms with Crippen LogP contribution in [0.15, 0.2) is 72.8 Å². The summed E-state index contributed by atoms with van der Waals surface area (Å²) >= 11 is 0. The number of ether oxygens (including phenoxy) is 2. The molecule has 0 aromatic heterocycles. The second-order valence-electron chi connectivity index (χ2n) is 7.65. The largest absolute Gasteiger partial charge is 0.478 e. The first-order valence-corrected chi connectivity index (χ1v) is 10.3. The first kappa shape index (κ1) is 23.9. The van der Waals surface area contributed by atoms with Crippen LogP contribution in [0.2, 0.25) is 0 Å². The first-order chi connectivity index (χ1) is 15.8. The van der Waals surface area contributed by atoms with Gasteiger partial charge in [0.05, 0.1) is 6.10 Å². The summed E-state index contributed by atoms with van der Waals surface area (Å²) in [6.45, 7) is 0. The number of hydrogen-bond acceptors (Lipinski definition) is 7. The highest BCUT2D eigenvalue weighted by molar-refractivity contribution is 5.91. The molecule has 4 unspecified atom stereocenters. The quantitative estimate of drug-likeness (QED) is 0.431. The van der Waals surface area contributed by atoms with Crippen LogP contribution in [0.3, 0.4) is 0 Å². The van der Waals surface area contributed by atoms with Crippen molar-refractivity contribution in [2.45, 2.75) is 36.8 Å². The van der Waals surface area contributed by atoms with Crippen molar-refractivity contribution < 1.29 is 39.2 Å². The van der Waals surface area contributed by atoms with E-state index in [1.807, 2.05) is 6.07 Å². The highest BCUT2D eigenvalue weighted by Crippen LogP contribution is 2.35. The summed E-state index contributed by atoms with van der Waals surface area (Å²) in [5, 5.41) is 30.3. The van der Waals surface area contributed by atoms with Gasteiger partial charge in [-0.3, -0.25) is 0 Å². The molecular formula is C25H24O8. The zero-order chi connectivity index (χ0) is 23.8. The van der Waals surface area contributed by atoms with Gasteiger partial charge in [-0.25, -0.2) is 14.4 Å². The van der Waals surface area contributed by atoms with Crippen LogP contribution in [0.1, 0.15) is 24.0 Å². The fourth-order valence-electron chi connectivity index (χ4n) is 3.52. The predicted octanol–water partition coefficient (Wildman–Crippen LogP) is 2.21. The second-order valence-corrected chi connectivity index (χ2v) is 7.65. The third kappa shape index (κ3) is 6.38. The standard InChI is InChI=1S/C25H24O8/c26-19-15-25(24(30)31,33-22(28)14-12-18-9-5-2-6-10-18)16-20(23(19)29)32-21(27)13-11-17-7-3-1-4-8-17/h1-14,19-20,23,26,29H,15-16H2,(H,30,31). The summed E-state index contributed by atoms with van der Waals surface area (Å²) in [6.07, 6.45) is -0.449. The van der Waals surface area contributed by atoms with Crippen LogP contribution in [-0.4, -0.2) is 57.1 Å². The maximum absolute atomic E-state index is 12.3. The van der Waals surface area contributed by atoms with E-state index in [-0.39, 0.29) is 0 Å². The molecule has 172 valence electrons. The van der Waals surface area contributed by atoms with Gasteiger partial charge in [0.2, 0.25) is 5.60 Å². The van der Waals surface area contributed by atoms with Crippen LogP contribution in [0.4, 0.5) is 0 Å². The number of aliphatic hydroxyl groups excluding tert-OH is 2. The van der Waals surface area contributed by atoms with E-state index in [1.54, 1.807) is 54.6 Å². The number of rotatable bonds is 7. The Balaban J connectivity index is 1.72. The normalized spacial score (nSPS) is 25.1. The Labute approximate surface area is 190 Å². The van der Waals surface area contributed by atoms with E-state index in [4.69, 9.17) is 9.47 Å². The number of aliphatic hydroxyl groups is 2. The number of carbonyl (C=O) groups excluding carboxylic acids is 2. The van der Waals surface area contributed by atoms with Crippen LogP contribution >= 0.6 is 0 Å². The van der Waals surface area contributed by atoms with E-state index in [1.165, 1.54) is 12.2 Å². The molecule has 33 heavy (non-hydrogen) atoms. The van der Waals surface area contributed by atoms with E-state index in [2.05, 4.69) is 0 Å². The molecule has 1 aliphatic carbocycles. The molecule has 1 saturated carbocycles. The molecule has 0 saturated heterocycles. The molecule has 0 heterocycles. The van der Waals surface area contributed by atoms with Gasteiger partial charge in [-0.05, 0) is 23.3 Å². The molecule has 2 aromatic carbocycles. The fraction of sp³-hybridized carbons (Fsp3) is 0.240. The topological polar surface area (TPSA) is 130 Å². The molecule has 4 atom stereocenters. The Kier molecular flexibility index (Phi) is 7.76. The molecule has 3 N–H and O–H groups in total. The van der Waals surface area contributed by atoms with Gasteiger partial charge in [0.25, 0.3) is 0 Å². The van der Waals surface area contributed by atoms with Crippen LogP contribution in [0.25, 0.3) is 12.2 Å². The summed E-state index contributed by atoms with van der Waals surface area (Å²) in [6, 6.07) is 17.8. The molecule has 1 fully saturated rings. The lowest BCUT2D eigenvalue weighted by atomic mass is 9.79. The Bertz CT molecular complexity index is 1030. The van der Waals surface area contributed by atoms with Crippen molar-refractivity contribution in [1.29, 1.82) is 0 Å². The Morgan fingerprint density at radius 3 is 1.85 bits per heavy atom. The lowest BCUT2D eigenvalue weighted by molar-refractivity contribution is -0.207. The second kappa shape index (κ2) is 10.7. The average Bonchev–Trinajstić information content (AvgIpc) is 2.81. The van der Waals surface area contributed by atoms with Gasteiger partial charge < -0.3 is 24.8 Å². The lowest BCUT2D eigenvalue weighted by Crippen LogP contribution is -2.58. The van der Waals surface area contributed by atoms with Gasteiger partial charge in [-0.2, -0.15) is 0 Å². The molecule has 0 aliphatic heterocycles. The van der Waals surface area contributed by atoms with Gasteiger partial charge in [0, 0.05) is 25.0 Å². The predicted molar refractivity (Wildman–Crippen MR) is 119 cm³/mol. The van der Waals surface area contributed by atoms with Crippen molar-refractivity contribution in [3.8, 4) is 0 Å². The number of carboxylic acid groups (broad SMARTS) is 1. The highest BCUT2D eigenvalue weighted by atomic mass is 16.6. The molecule has 0 amide bonds. The van der Waals surface area contributed by atoms with Crippen LogP contribution in [0, 0.1) is 0 Å². The summed E-state index contributed by atoms with van der Waals surface area (Å²) in [5.74, 6) is -3.30. The van der Waals surface area contributed by atoms with Crippen molar-refractivity contribution >= 4 is 30.1 Å². The smallest absolute Gasteiger partial charge is 0.348 e. The third-order valence-corrected chi connectivity index (χ3v) is 5.22. The van der Waals surface area contributed by atoms with Gasteiger partial charge in [-0.1, -0.05) is 60.7 Å². The molecule has 0 spiro atoms. The van der Waals surface area contributed by atoms with Crippen LogP contribution in [-0.2, 0) is 23.9 Å². The van der Waals surface area contributed by atoms with Gasteiger partial charge >= 0.3 is 17.9 Å². The molecular weight excluding hydrogens is 428 g/mol. The minimum atomic E-state index is -2.18. The van der Waals surface area contributed by atoms with Gasteiger partial charge in [0.1, 0.15) is 12.2 Å². The first-order valence-electron chi connectivity index (χ1n) is 10.3. The maximum atomic E-state index is 12.3. The number of benzene rings is 2. The Morgan fingerprint density at radius 1 is 0.818 bits per heavy atom. The van der Waals surface area contributed by atoms with Crippen molar-refractivity contribution in [2.75, 3.05) is 0 Å². The molecule has 2 aromatic rings. The van der Waals surface area contributed by atoms with Crippen molar-refractivity contribution in [1.82, 2.24) is 0 Å². The summed E-state index contributed by atoms with van der Waals surface area (Å²) in [7, 11) is 0. The van der Waals surface area contributed by atoms with E-state index in [0.29, 0.717) is 5.56 Å². The average molecular weight is 452 g/mol. The van der Waals surface area contributed by atoms with E-state index < -0.39 is 54.7 Å². The third-order valence-electron chi connectivity index (χ3n) is 5.22. The molecule has 8 heteroatoms. The number of aliphatic carboxylic acids is 1. The fourth-order valence-corrected chi connectivity index (χ4v) is 3.52. The van der Waals surface area contributed by atoms with Crippen molar-refractivity contribution in [2.24, 2.45) is 0 Å². The maximum Gasteiger partial charge on any atom is 0.348 e. The summed E-state index contributed by atoms with van der Waals surface area (Å²) in [4.78, 5) is 36.6. The van der Waals surface area contributed by atoms with Gasteiger partial charge in [-0.15, -0.1) is 0 Å². The lowest BCUT2D eigenvalue weighted by Gasteiger charge is -2.41. The minimum absolute atomic E-state index is 0.517. The minimum Gasteiger partial charge on any atom is -0.478 e.